The summed E-state index contributed by atoms with van der Waals surface area (Å²) >= 11 is 0. The van der Waals surface area contributed by atoms with Crippen molar-refractivity contribution in [3.63, 3.8) is 0 Å². The molecule has 3 heteroatoms. The summed E-state index contributed by atoms with van der Waals surface area (Å²) in [7, 11) is 0. The highest BCUT2D eigenvalue weighted by molar-refractivity contribution is 5.90. The van der Waals surface area contributed by atoms with E-state index < -0.39 is 0 Å². The van der Waals surface area contributed by atoms with E-state index in [1.165, 1.54) is 6.92 Å². The highest BCUT2D eigenvalue weighted by Crippen LogP contribution is 2.32. The molecule has 0 bridgehead atoms. The Morgan fingerprint density at radius 1 is 1.41 bits per heavy atom. The molecule has 3 nitrogen and oxygen atoms in total. The van der Waals surface area contributed by atoms with Gasteiger partial charge in [-0.15, -0.1) is 0 Å². The molecule has 0 aliphatic heterocycles. The first kappa shape index (κ1) is 13.3. The van der Waals surface area contributed by atoms with Crippen LogP contribution < -0.4 is 5.32 Å². The Hall–Kier alpha value is -1.77. The summed E-state index contributed by atoms with van der Waals surface area (Å²) in [5.41, 5.74) is 4.22. The number of benzene rings is 1. The van der Waals surface area contributed by atoms with Crippen molar-refractivity contribution in [3.05, 3.63) is 34.9 Å². The second kappa shape index (κ2) is 5.04. The molecule has 0 saturated heterocycles. The minimum atomic E-state index is -0.112. The predicted octanol–water partition coefficient (Wildman–Crippen LogP) is 3.09. The Labute approximate surface area is 102 Å². The molecule has 1 aromatic carbocycles. The second-order valence-corrected chi connectivity index (χ2v) is 4.51. The maximum absolute atomic E-state index is 11.1. The third-order valence-corrected chi connectivity index (χ3v) is 2.67. The number of carbonyl (C=O) groups is 1. The molecule has 0 spiro atoms. The lowest BCUT2D eigenvalue weighted by Gasteiger charge is -2.16. The summed E-state index contributed by atoms with van der Waals surface area (Å²) in [5.74, 6) is 0.180. The minimum absolute atomic E-state index is 0.112. The lowest BCUT2D eigenvalue weighted by molar-refractivity contribution is -0.114. The van der Waals surface area contributed by atoms with E-state index >= 15 is 0 Å². The van der Waals surface area contributed by atoms with Crippen molar-refractivity contribution in [2.45, 2.75) is 34.1 Å². The fourth-order valence-electron chi connectivity index (χ4n) is 1.81. The van der Waals surface area contributed by atoms with Gasteiger partial charge in [0.25, 0.3) is 0 Å². The van der Waals surface area contributed by atoms with E-state index in [4.69, 9.17) is 0 Å². The van der Waals surface area contributed by atoms with Crippen molar-refractivity contribution in [2.24, 2.45) is 0 Å². The van der Waals surface area contributed by atoms with Crippen molar-refractivity contribution in [2.75, 3.05) is 5.32 Å². The van der Waals surface area contributed by atoms with Crippen LogP contribution >= 0.6 is 0 Å². The van der Waals surface area contributed by atoms with E-state index in [1.807, 2.05) is 20.8 Å². The molecule has 0 aromatic heterocycles. The monoisotopic (exact) mass is 233 g/mol. The van der Waals surface area contributed by atoms with Gasteiger partial charge in [0.05, 0.1) is 0 Å². The van der Waals surface area contributed by atoms with Crippen LogP contribution in [0.5, 0.6) is 5.75 Å². The number of hydrogen-bond donors (Lipinski definition) is 2. The number of aromatic hydroxyl groups is 1. The van der Waals surface area contributed by atoms with Gasteiger partial charge in [0.2, 0.25) is 5.91 Å². The molecule has 17 heavy (non-hydrogen) atoms. The zero-order valence-corrected chi connectivity index (χ0v) is 10.8. The largest absolute Gasteiger partial charge is 0.507 e. The minimum Gasteiger partial charge on any atom is -0.507 e. The maximum Gasteiger partial charge on any atom is 0.221 e. The number of allylic oxidation sites excluding steroid dienone is 1. The Bertz CT molecular complexity index is 476. The summed E-state index contributed by atoms with van der Waals surface area (Å²) in [4.78, 5) is 11.1. The highest BCUT2D eigenvalue weighted by atomic mass is 16.3. The van der Waals surface area contributed by atoms with Gasteiger partial charge in [0, 0.05) is 18.2 Å². The first-order valence-electron chi connectivity index (χ1n) is 5.57. The zero-order chi connectivity index (χ0) is 13.2. The van der Waals surface area contributed by atoms with Crippen molar-refractivity contribution in [1.29, 1.82) is 0 Å². The van der Waals surface area contributed by atoms with Crippen LogP contribution in [0.1, 0.15) is 30.5 Å². The van der Waals surface area contributed by atoms with Gasteiger partial charge in [-0.3, -0.25) is 4.79 Å². The summed E-state index contributed by atoms with van der Waals surface area (Å²) in [5, 5.41) is 12.8. The summed E-state index contributed by atoms with van der Waals surface area (Å²) < 4.78 is 0. The molecule has 0 fully saturated rings. The lowest BCUT2D eigenvalue weighted by Crippen LogP contribution is -2.09. The van der Waals surface area contributed by atoms with Gasteiger partial charge < -0.3 is 10.4 Å². The number of amides is 1. The second-order valence-electron chi connectivity index (χ2n) is 4.51. The molecule has 0 atom stereocenters. The molecular weight excluding hydrogens is 214 g/mol. The third kappa shape index (κ3) is 3.09. The van der Waals surface area contributed by atoms with Gasteiger partial charge >= 0.3 is 0 Å². The molecule has 0 aliphatic rings. The first-order valence-corrected chi connectivity index (χ1v) is 5.57. The van der Waals surface area contributed by atoms with E-state index in [9.17, 15) is 9.90 Å². The normalized spacial score (nSPS) is 10.1. The smallest absolute Gasteiger partial charge is 0.221 e. The van der Waals surface area contributed by atoms with Gasteiger partial charge in [0.1, 0.15) is 5.75 Å². The number of phenolic OH excluding ortho intramolecular Hbond substituents is 1. The average Bonchev–Trinajstić information content (AvgIpc) is 2.20. The molecule has 0 aliphatic carbocycles. The van der Waals surface area contributed by atoms with Gasteiger partial charge in [-0.05, 0) is 44.4 Å². The van der Waals surface area contributed by atoms with Crippen LogP contribution in [0, 0.1) is 13.8 Å². The summed E-state index contributed by atoms with van der Waals surface area (Å²) in [6.45, 7) is 11.0. The average molecular weight is 233 g/mol. The fraction of sp³-hybridized carbons (Fsp3) is 0.357. The highest BCUT2D eigenvalue weighted by Gasteiger charge is 2.13. The molecule has 1 aromatic rings. The van der Waals surface area contributed by atoms with Gasteiger partial charge in [-0.25, -0.2) is 0 Å². The number of aryl methyl sites for hydroxylation is 1. The van der Waals surface area contributed by atoms with Crippen LogP contribution in [0.2, 0.25) is 0 Å². The molecule has 0 heterocycles. The third-order valence-electron chi connectivity index (χ3n) is 2.67. The van der Waals surface area contributed by atoms with Crippen LogP contribution in [0.15, 0.2) is 18.2 Å². The number of anilines is 1. The van der Waals surface area contributed by atoms with E-state index in [2.05, 4.69) is 11.9 Å². The molecular formula is C14H19NO2. The number of phenols is 1. The van der Waals surface area contributed by atoms with Crippen molar-refractivity contribution >= 4 is 11.6 Å². The molecule has 0 saturated carbocycles. The van der Waals surface area contributed by atoms with E-state index in [1.54, 1.807) is 6.07 Å². The van der Waals surface area contributed by atoms with Gasteiger partial charge in [-0.2, -0.15) is 0 Å². The molecule has 0 radical (unpaired) electrons. The number of rotatable bonds is 3. The summed E-state index contributed by atoms with van der Waals surface area (Å²) in [6, 6.07) is 1.79. The quantitative estimate of drug-likeness (QED) is 0.622. The Morgan fingerprint density at radius 3 is 2.47 bits per heavy atom. The molecule has 0 unspecified atom stereocenters. The summed E-state index contributed by atoms with van der Waals surface area (Å²) in [6.07, 6.45) is 0.617. The number of carbonyl (C=O) groups excluding carboxylic acids is 1. The zero-order valence-electron chi connectivity index (χ0n) is 10.8. The molecule has 2 N–H and O–H groups in total. The van der Waals surface area contributed by atoms with Crippen LogP contribution in [0.25, 0.3) is 0 Å². The fourth-order valence-corrected chi connectivity index (χ4v) is 1.81. The standard InChI is InChI=1S/C14H19NO2/c1-8(2)6-12-10(4)13(15-11(5)16)7-9(3)14(12)17/h7,17H,1,6H2,2-5H3,(H,15,16). The molecule has 1 amide bonds. The Balaban J connectivity index is 3.31. The SMILES string of the molecule is C=C(C)Cc1c(C)c(NC(C)=O)cc(C)c1O. The Kier molecular flexibility index (Phi) is 3.94. The maximum atomic E-state index is 11.1. The molecule has 92 valence electrons. The molecule has 1 rings (SSSR count). The van der Waals surface area contributed by atoms with E-state index in [0.29, 0.717) is 12.2 Å². The van der Waals surface area contributed by atoms with E-state index in [0.717, 1.165) is 28.0 Å². The van der Waals surface area contributed by atoms with Crippen molar-refractivity contribution in [3.8, 4) is 5.75 Å². The van der Waals surface area contributed by atoms with Gasteiger partial charge in [0.15, 0.2) is 0 Å². The van der Waals surface area contributed by atoms with E-state index in [-0.39, 0.29) is 5.91 Å². The Morgan fingerprint density at radius 2 is 2.00 bits per heavy atom. The van der Waals surface area contributed by atoms with Gasteiger partial charge in [-0.1, -0.05) is 12.2 Å². The topological polar surface area (TPSA) is 49.3 Å². The van der Waals surface area contributed by atoms with Crippen LogP contribution in [0.3, 0.4) is 0 Å². The van der Waals surface area contributed by atoms with Crippen LogP contribution in [0.4, 0.5) is 5.69 Å². The van der Waals surface area contributed by atoms with Crippen molar-refractivity contribution in [1.82, 2.24) is 0 Å². The van der Waals surface area contributed by atoms with Crippen molar-refractivity contribution < 1.29 is 9.90 Å². The number of nitrogens with one attached hydrogen (secondary N) is 1. The van der Waals surface area contributed by atoms with Crippen LogP contribution in [-0.2, 0) is 11.2 Å². The van der Waals surface area contributed by atoms with Crippen LogP contribution in [-0.4, -0.2) is 11.0 Å². The lowest BCUT2D eigenvalue weighted by atomic mass is 9.96. The predicted molar refractivity (Wildman–Crippen MR) is 70.4 cm³/mol. The first-order chi connectivity index (χ1) is 7.82. The number of hydrogen-bond acceptors (Lipinski definition) is 2.